The van der Waals surface area contributed by atoms with E-state index in [-0.39, 0.29) is 18.3 Å². The second-order valence-corrected chi connectivity index (χ2v) is 7.35. The molecule has 1 amide bonds. The van der Waals surface area contributed by atoms with Gasteiger partial charge in [-0.25, -0.2) is 0 Å². The van der Waals surface area contributed by atoms with Crippen LogP contribution in [0.25, 0.3) is 10.7 Å². The number of amides is 1. The predicted octanol–water partition coefficient (Wildman–Crippen LogP) is 3.17. The highest BCUT2D eigenvalue weighted by Crippen LogP contribution is 2.21. The molecule has 0 N–H and O–H groups in total. The fraction of sp³-hybridized carbons (Fsp3) is 0.556. The van der Waals surface area contributed by atoms with Crippen molar-refractivity contribution in [3.8, 4) is 10.7 Å². The highest BCUT2D eigenvalue weighted by molar-refractivity contribution is 7.13. The molecule has 0 radical (unpaired) electrons. The monoisotopic (exact) mass is 379 g/mol. The summed E-state index contributed by atoms with van der Waals surface area (Å²) in [4.78, 5) is 30.9. The SMILES string of the molecule is COC(=O)CCN(CC(C)C)C(=O)CCCc1nc(-c2cccs2)no1. The number of esters is 1. The summed E-state index contributed by atoms with van der Waals surface area (Å²) in [5, 5.41) is 5.93. The average Bonchev–Trinajstić information content (AvgIpc) is 3.29. The van der Waals surface area contributed by atoms with Gasteiger partial charge in [-0.1, -0.05) is 25.1 Å². The van der Waals surface area contributed by atoms with Gasteiger partial charge in [-0.3, -0.25) is 9.59 Å². The summed E-state index contributed by atoms with van der Waals surface area (Å²) in [6, 6.07) is 3.88. The van der Waals surface area contributed by atoms with Crippen LogP contribution in [0, 0.1) is 5.92 Å². The Kier molecular flexibility index (Phi) is 7.77. The maximum atomic E-state index is 12.5. The first-order valence-corrected chi connectivity index (χ1v) is 9.58. The molecule has 0 spiro atoms. The second kappa shape index (κ2) is 10.1. The number of carbonyl (C=O) groups is 2. The number of hydrogen-bond donors (Lipinski definition) is 0. The maximum Gasteiger partial charge on any atom is 0.307 e. The Balaban J connectivity index is 1.82. The molecule has 0 aromatic carbocycles. The zero-order valence-corrected chi connectivity index (χ0v) is 16.3. The lowest BCUT2D eigenvalue weighted by Gasteiger charge is -2.24. The Bertz CT molecular complexity index is 697. The molecule has 0 saturated carbocycles. The minimum atomic E-state index is -0.307. The van der Waals surface area contributed by atoms with Crippen molar-refractivity contribution in [2.24, 2.45) is 5.92 Å². The molecule has 142 valence electrons. The Morgan fingerprint density at radius 3 is 2.81 bits per heavy atom. The number of methoxy groups -OCH3 is 1. The summed E-state index contributed by atoms with van der Waals surface area (Å²) in [5.74, 6) is 1.17. The van der Waals surface area contributed by atoms with E-state index in [0.717, 1.165) is 4.88 Å². The van der Waals surface area contributed by atoms with Crippen LogP contribution in [0.15, 0.2) is 22.0 Å². The van der Waals surface area contributed by atoms with E-state index in [1.807, 2.05) is 31.4 Å². The average molecular weight is 379 g/mol. The Labute approximate surface area is 157 Å². The van der Waals surface area contributed by atoms with Crippen LogP contribution in [-0.2, 0) is 20.7 Å². The molecule has 0 aliphatic heterocycles. The molecule has 0 aliphatic carbocycles. The van der Waals surface area contributed by atoms with Crippen molar-refractivity contribution in [2.75, 3.05) is 20.2 Å². The van der Waals surface area contributed by atoms with Crippen LogP contribution in [0.5, 0.6) is 0 Å². The van der Waals surface area contributed by atoms with E-state index in [4.69, 9.17) is 4.52 Å². The molecule has 26 heavy (non-hydrogen) atoms. The van der Waals surface area contributed by atoms with E-state index in [0.29, 0.717) is 50.0 Å². The number of thiophene rings is 1. The molecule has 0 atom stereocenters. The van der Waals surface area contributed by atoms with Gasteiger partial charge < -0.3 is 14.2 Å². The standard InChI is InChI=1S/C18H25N3O4S/c1-13(2)12-21(10-9-17(23)24-3)16(22)8-4-7-15-19-18(20-25-15)14-6-5-11-26-14/h5-6,11,13H,4,7-10,12H2,1-3H3. The van der Waals surface area contributed by atoms with Crippen molar-refractivity contribution in [2.45, 2.75) is 39.5 Å². The van der Waals surface area contributed by atoms with Gasteiger partial charge >= 0.3 is 5.97 Å². The van der Waals surface area contributed by atoms with Crippen LogP contribution in [0.4, 0.5) is 0 Å². The van der Waals surface area contributed by atoms with Crippen LogP contribution < -0.4 is 0 Å². The number of aryl methyl sites for hydroxylation is 1. The summed E-state index contributed by atoms with van der Waals surface area (Å²) in [6.45, 7) is 5.09. The third-order valence-corrected chi connectivity index (χ3v) is 4.61. The quantitative estimate of drug-likeness (QED) is 0.590. The highest BCUT2D eigenvalue weighted by Gasteiger charge is 2.17. The summed E-state index contributed by atoms with van der Waals surface area (Å²) in [7, 11) is 1.35. The second-order valence-electron chi connectivity index (χ2n) is 6.40. The molecule has 2 aromatic rings. The van der Waals surface area contributed by atoms with Crippen LogP contribution in [0.3, 0.4) is 0 Å². The Morgan fingerprint density at radius 1 is 1.35 bits per heavy atom. The van der Waals surface area contributed by atoms with E-state index in [2.05, 4.69) is 14.9 Å². The zero-order valence-electron chi connectivity index (χ0n) is 15.4. The van der Waals surface area contributed by atoms with Crippen molar-refractivity contribution < 1.29 is 18.8 Å². The van der Waals surface area contributed by atoms with Crippen LogP contribution in [-0.4, -0.2) is 47.1 Å². The molecule has 0 aliphatic rings. The smallest absolute Gasteiger partial charge is 0.307 e. The van der Waals surface area contributed by atoms with Gasteiger partial charge in [0.1, 0.15) is 0 Å². The number of hydrogen-bond acceptors (Lipinski definition) is 7. The van der Waals surface area contributed by atoms with Crippen LogP contribution in [0.1, 0.15) is 39.0 Å². The summed E-state index contributed by atoms with van der Waals surface area (Å²) in [5.41, 5.74) is 0. The zero-order chi connectivity index (χ0) is 18.9. The third-order valence-electron chi connectivity index (χ3n) is 3.74. The van der Waals surface area contributed by atoms with Gasteiger partial charge in [0, 0.05) is 25.9 Å². The van der Waals surface area contributed by atoms with Gasteiger partial charge in [0.25, 0.3) is 0 Å². The van der Waals surface area contributed by atoms with Crippen molar-refractivity contribution in [1.29, 1.82) is 0 Å². The predicted molar refractivity (Wildman–Crippen MR) is 98.6 cm³/mol. The lowest BCUT2D eigenvalue weighted by atomic mass is 10.1. The molecule has 2 aromatic heterocycles. The van der Waals surface area contributed by atoms with E-state index in [1.54, 1.807) is 16.2 Å². The number of ether oxygens (including phenoxy) is 1. The topological polar surface area (TPSA) is 85.5 Å². The maximum absolute atomic E-state index is 12.5. The molecule has 0 fully saturated rings. The van der Waals surface area contributed by atoms with Gasteiger partial charge in [0.05, 0.1) is 18.4 Å². The fourth-order valence-corrected chi connectivity index (χ4v) is 3.15. The Hall–Kier alpha value is -2.22. The number of nitrogens with zero attached hydrogens (tertiary/aromatic N) is 3. The van der Waals surface area contributed by atoms with E-state index >= 15 is 0 Å². The molecule has 2 heterocycles. The molecule has 7 nitrogen and oxygen atoms in total. The van der Waals surface area contributed by atoms with Gasteiger partial charge in [-0.05, 0) is 23.8 Å². The molecular weight excluding hydrogens is 354 g/mol. The molecule has 2 rings (SSSR count). The molecular formula is C18H25N3O4S. The van der Waals surface area contributed by atoms with Crippen molar-refractivity contribution in [3.05, 3.63) is 23.4 Å². The van der Waals surface area contributed by atoms with Crippen LogP contribution >= 0.6 is 11.3 Å². The van der Waals surface area contributed by atoms with E-state index in [1.165, 1.54) is 7.11 Å². The summed E-state index contributed by atoms with van der Waals surface area (Å²) < 4.78 is 9.90. The number of aromatic nitrogens is 2. The minimum absolute atomic E-state index is 0.0283. The van der Waals surface area contributed by atoms with Gasteiger partial charge in [0.2, 0.25) is 17.6 Å². The minimum Gasteiger partial charge on any atom is -0.469 e. The highest BCUT2D eigenvalue weighted by atomic mass is 32.1. The van der Waals surface area contributed by atoms with Crippen molar-refractivity contribution in [1.82, 2.24) is 15.0 Å². The summed E-state index contributed by atoms with van der Waals surface area (Å²) in [6.07, 6.45) is 1.77. The number of rotatable bonds is 10. The third kappa shape index (κ3) is 6.25. The molecule has 0 saturated heterocycles. The summed E-state index contributed by atoms with van der Waals surface area (Å²) >= 11 is 1.55. The largest absolute Gasteiger partial charge is 0.469 e. The van der Waals surface area contributed by atoms with Gasteiger partial charge in [-0.15, -0.1) is 11.3 Å². The fourth-order valence-electron chi connectivity index (χ4n) is 2.50. The van der Waals surface area contributed by atoms with Gasteiger partial charge in [-0.2, -0.15) is 4.98 Å². The normalized spacial score (nSPS) is 10.9. The molecule has 8 heteroatoms. The molecule has 0 unspecified atom stereocenters. The van der Waals surface area contributed by atoms with Crippen molar-refractivity contribution >= 4 is 23.2 Å². The van der Waals surface area contributed by atoms with Crippen LogP contribution in [0.2, 0.25) is 0 Å². The van der Waals surface area contributed by atoms with Crippen molar-refractivity contribution in [3.63, 3.8) is 0 Å². The Morgan fingerprint density at radius 2 is 2.15 bits per heavy atom. The van der Waals surface area contributed by atoms with E-state index in [9.17, 15) is 9.59 Å². The first kappa shape index (κ1) is 20.1. The lowest BCUT2D eigenvalue weighted by molar-refractivity contribution is -0.141. The molecule has 0 bridgehead atoms. The first-order chi connectivity index (χ1) is 12.5. The van der Waals surface area contributed by atoms with E-state index < -0.39 is 0 Å². The number of carbonyl (C=O) groups excluding carboxylic acids is 2. The van der Waals surface area contributed by atoms with Gasteiger partial charge in [0.15, 0.2) is 0 Å². The first-order valence-electron chi connectivity index (χ1n) is 8.70. The lowest BCUT2D eigenvalue weighted by Crippen LogP contribution is -2.36.